The first-order valence-corrected chi connectivity index (χ1v) is 8.53. The van der Waals surface area contributed by atoms with E-state index in [0.717, 1.165) is 15.6 Å². The summed E-state index contributed by atoms with van der Waals surface area (Å²) < 4.78 is 0. The second-order valence-electron chi connectivity index (χ2n) is 8.19. The molecule has 0 atom stereocenters. The molecular weight excluding hydrogens is 294 g/mol. The summed E-state index contributed by atoms with van der Waals surface area (Å²) in [6, 6.07) is 0. The van der Waals surface area contributed by atoms with Crippen LogP contribution in [0.2, 0.25) is 0 Å². The van der Waals surface area contributed by atoms with E-state index in [-0.39, 0.29) is 22.4 Å². The van der Waals surface area contributed by atoms with Crippen LogP contribution in [0.15, 0.2) is 21.7 Å². The van der Waals surface area contributed by atoms with E-state index in [1.807, 2.05) is 39.5 Å². The molecule has 0 radical (unpaired) electrons. The predicted octanol–water partition coefficient (Wildman–Crippen LogP) is 4.75. The average molecular weight is 324 g/mol. The number of Topliss-reactive ketones (excluding diaryl/α,β-unsaturated/α-hetero) is 1. The minimum atomic E-state index is -0.373. The molecule has 0 aromatic rings. The fourth-order valence-corrected chi connectivity index (χ4v) is 3.11. The summed E-state index contributed by atoms with van der Waals surface area (Å²) in [6.07, 6.45) is 2.21. The summed E-state index contributed by atoms with van der Waals surface area (Å²) in [5.41, 5.74) is 0.667. The van der Waals surface area contributed by atoms with Gasteiger partial charge in [-0.3, -0.25) is 9.59 Å². The first-order chi connectivity index (χ1) is 9.81. The maximum atomic E-state index is 12.3. The van der Waals surface area contributed by atoms with Gasteiger partial charge in [-0.25, -0.2) is 0 Å². The smallest absolute Gasteiger partial charge is 0.158 e. The number of thioether (sulfide) groups is 1. The number of hydrogen-bond donors (Lipinski definition) is 0. The van der Waals surface area contributed by atoms with Gasteiger partial charge < -0.3 is 4.90 Å². The number of rotatable bonds is 4. The van der Waals surface area contributed by atoms with Crippen LogP contribution in [0.4, 0.5) is 0 Å². The van der Waals surface area contributed by atoms with Crippen molar-refractivity contribution < 1.29 is 9.59 Å². The van der Waals surface area contributed by atoms with Crippen LogP contribution in [0.25, 0.3) is 0 Å². The Labute approximate surface area is 139 Å². The molecule has 0 aromatic heterocycles. The third kappa shape index (κ3) is 5.31. The number of hydrogen-bond acceptors (Lipinski definition) is 4. The highest BCUT2D eigenvalue weighted by molar-refractivity contribution is 8.06. The van der Waals surface area contributed by atoms with Crippen molar-refractivity contribution in [2.45, 2.75) is 61.8 Å². The van der Waals surface area contributed by atoms with Gasteiger partial charge in [-0.05, 0) is 19.3 Å². The number of carbonyl (C=O) groups is 2. The van der Waals surface area contributed by atoms with E-state index in [1.165, 1.54) is 0 Å². The SMILES string of the molecule is CC1=C(C)N(CC(=O)C(C)(C)C)/C(=C/C(=O)CC(C)(C)C)S1. The van der Waals surface area contributed by atoms with Crippen LogP contribution in [0.1, 0.15) is 61.8 Å². The minimum absolute atomic E-state index is 0.0268. The molecule has 0 N–H and O–H groups in total. The van der Waals surface area contributed by atoms with Crippen LogP contribution in [0, 0.1) is 10.8 Å². The lowest BCUT2D eigenvalue weighted by atomic mass is 9.90. The molecule has 0 fully saturated rings. The van der Waals surface area contributed by atoms with Gasteiger partial charge in [0.1, 0.15) is 0 Å². The lowest BCUT2D eigenvalue weighted by Crippen LogP contribution is -2.33. The van der Waals surface area contributed by atoms with Gasteiger partial charge in [-0.15, -0.1) is 0 Å². The molecule has 1 aliphatic rings. The lowest BCUT2D eigenvalue weighted by molar-refractivity contribution is -0.126. The molecule has 0 saturated carbocycles. The summed E-state index contributed by atoms with van der Waals surface area (Å²) in [7, 11) is 0. The largest absolute Gasteiger partial charge is 0.332 e. The Bertz CT molecular complexity index is 530. The molecule has 0 bridgehead atoms. The van der Waals surface area contributed by atoms with Crippen molar-refractivity contribution in [3.05, 3.63) is 21.7 Å². The van der Waals surface area contributed by atoms with Crippen LogP contribution in [0.3, 0.4) is 0 Å². The molecule has 0 aromatic carbocycles. The molecule has 124 valence electrons. The first kappa shape index (κ1) is 19.0. The predicted molar refractivity (Wildman–Crippen MR) is 94.3 cm³/mol. The van der Waals surface area contributed by atoms with E-state index in [1.54, 1.807) is 17.8 Å². The summed E-state index contributed by atoms with van der Waals surface area (Å²) in [6.45, 7) is 16.3. The second kappa shape index (κ2) is 6.61. The minimum Gasteiger partial charge on any atom is -0.332 e. The highest BCUT2D eigenvalue weighted by Gasteiger charge is 2.30. The van der Waals surface area contributed by atoms with Crippen molar-refractivity contribution in [1.82, 2.24) is 4.90 Å². The summed E-state index contributed by atoms with van der Waals surface area (Å²) in [5.74, 6) is 0.294. The fourth-order valence-electron chi connectivity index (χ4n) is 2.04. The van der Waals surface area contributed by atoms with Gasteiger partial charge in [-0.1, -0.05) is 53.3 Å². The number of carbonyl (C=O) groups excluding carboxylic acids is 2. The number of nitrogens with zero attached hydrogens (tertiary/aromatic N) is 1. The summed E-state index contributed by atoms with van der Waals surface area (Å²) in [5, 5.41) is 0.877. The van der Waals surface area contributed by atoms with E-state index in [9.17, 15) is 9.59 Å². The van der Waals surface area contributed by atoms with Gasteiger partial charge in [0.25, 0.3) is 0 Å². The zero-order valence-electron chi connectivity index (χ0n) is 15.2. The molecular formula is C18H29NO2S. The zero-order valence-corrected chi connectivity index (χ0v) is 16.0. The first-order valence-electron chi connectivity index (χ1n) is 7.72. The maximum Gasteiger partial charge on any atom is 0.158 e. The van der Waals surface area contributed by atoms with E-state index >= 15 is 0 Å². The Morgan fingerprint density at radius 2 is 1.64 bits per heavy atom. The van der Waals surface area contributed by atoms with Gasteiger partial charge in [0.2, 0.25) is 0 Å². The van der Waals surface area contributed by atoms with Crippen LogP contribution < -0.4 is 0 Å². The molecule has 1 heterocycles. The van der Waals surface area contributed by atoms with Gasteiger partial charge in [0.05, 0.1) is 11.6 Å². The third-order valence-corrected chi connectivity index (χ3v) is 4.71. The number of ketones is 2. The summed E-state index contributed by atoms with van der Waals surface area (Å²) >= 11 is 1.58. The quantitative estimate of drug-likeness (QED) is 0.700. The number of allylic oxidation sites excluding steroid dienone is 3. The van der Waals surface area contributed by atoms with Crippen LogP contribution in [0.5, 0.6) is 0 Å². The van der Waals surface area contributed by atoms with E-state index in [4.69, 9.17) is 0 Å². The van der Waals surface area contributed by atoms with Crippen LogP contribution >= 0.6 is 11.8 Å². The second-order valence-corrected chi connectivity index (χ2v) is 9.42. The Morgan fingerprint density at radius 1 is 1.09 bits per heavy atom. The van der Waals surface area contributed by atoms with Gasteiger partial charge in [0.15, 0.2) is 11.6 Å². The fraction of sp³-hybridized carbons (Fsp3) is 0.667. The van der Waals surface area contributed by atoms with Crippen LogP contribution in [-0.2, 0) is 9.59 Å². The van der Waals surface area contributed by atoms with Crippen molar-refractivity contribution in [2.75, 3.05) is 6.54 Å². The van der Waals surface area contributed by atoms with Crippen molar-refractivity contribution in [3.8, 4) is 0 Å². The zero-order chi connectivity index (χ0) is 17.3. The molecule has 1 rings (SSSR count). The Balaban J connectivity index is 2.96. The van der Waals surface area contributed by atoms with Crippen molar-refractivity contribution >= 4 is 23.3 Å². The van der Waals surface area contributed by atoms with E-state index < -0.39 is 0 Å². The standard InChI is InChI=1S/C18H29NO2S/c1-12-13(2)22-16(9-14(20)10-17(3,4)5)19(12)11-15(21)18(6,7)8/h9H,10-11H2,1-8H3/b16-9-. The Kier molecular flexibility index (Phi) is 5.71. The molecule has 0 unspecified atom stereocenters. The molecule has 4 heteroatoms. The molecule has 1 aliphatic heterocycles. The van der Waals surface area contributed by atoms with Gasteiger partial charge >= 0.3 is 0 Å². The monoisotopic (exact) mass is 323 g/mol. The van der Waals surface area contributed by atoms with E-state index in [0.29, 0.717) is 13.0 Å². The Morgan fingerprint density at radius 3 is 2.09 bits per heavy atom. The highest BCUT2D eigenvalue weighted by atomic mass is 32.2. The van der Waals surface area contributed by atoms with Crippen molar-refractivity contribution in [1.29, 1.82) is 0 Å². The van der Waals surface area contributed by atoms with E-state index in [2.05, 4.69) is 20.8 Å². The molecule has 0 aliphatic carbocycles. The van der Waals surface area contributed by atoms with Gasteiger partial charge in [-0.2, -0.15) is 0 Å². The topological polar surface area (TPSA) is 37.4 Å². The maximum absolute atomic E-state index is 12.3. The molecule has 0 amide bonds. The lowest BCUT2D eigenvalue weighted by Gasteiger charge is -2.25. The normalized spacial score (nSPS) is 18.4. The van der Waals surface area contributed by atoms with Crippen molar-refractivity contribution in [3.63, 3.8) is 0 Å². The summed E-state index contributed by atoms with van der Waals surface area (Å²) in [4.78, 5) is 27.7. The van der Waals surface area contributed by atoms with Crippen molar-refractivity contribution in [2.24, 2.45) is 10.8 Å². The highest BCUT2D eigenvalue weighted by Crippen LogP contribution is 2.41. The van der Waals surface area contributed by atoms with Gasteiger partial charge in [0, 0.05) is 28.5 Å². The molecule has 0 spiro atoms. The molecule has 3 nitrogen and oxygen atoms in total. The Hall–Kier alpha value is -1.03. The average Bonchev–Trinajstić information content (AvgIpc) is 2.53. The third-order valence-electron chi connectivity index (χ3n) is 3.57. The van der Waals surface area contributed by atoms with Crippen LogP contribution in [-0.4, -0.2) is 23.0 Å². The molecule has 22 heavy (non-hydrogen) atoms. The molecule has 0 saturated heterocycles.